The van der Waals surface area contributed by atoms with Crippen molar-refractivity contribution in [2.45, 2.75) is 5.75 Å². The molecule has 0 spiro atoms. The molecule has 0 unspecified atom stereocenters. The van der Waals surface area contributed by atoms with Gasteiger partial charge in [-0.3, -0.25) is 0 Å². The summed E-state index contributed by atoms with van der Waals surface area (Å²) in [6.45, 7) is 0. The van der Waals surface area contributed by atoms with Crippen molar-refractivity contribution in [3.8, 4) is 11.8 Å². The zero-order valence-electron chi connectivity index (χ0n) is 11.5. The summed E-state index contributed by atoms with van der Waals surface area (Å²) in [4.78, 5) is 8.44. The van der Waals surface area contributed by atoms with E-state index >= 15 is 0 Å². The molecule has 2 aromatic rings. The Labute approximate surface area is 131 Å². The van der Waals surface area contributed by atoms with Gasteiger partial charge in [0, 0.05) is 11.8 Å². The fraction of sp³-hybridized carbons (Fsp3) is 0.333. The molecule has 1 heterocycles. The van der Waals surface area contributed by atoms with E-state index in [4.69, 9.17) is 32.7 Å². The molecule has 0 fully saturated rings. The van der Waals surface area contributed by atoms with E-state index in [0.29, 0.717) is 11.0 Å². The van der Waals surface area contributed by atoms with Crippen LogP contribution in [0.25, 0.3) is 11.0 Å². The van der Waals surface area contributed by atoms with Crippen LogP contribution in [0.4, 0.5) is 0 Å². The summed E-state index contributed by atoms with van der Waals surface area (Å²) in [7, 11) is -0.493. The first-order valence-corrected chi connectivity index (χ1v) is 8.52. The second-order valence-corrected chi connectivity index (χ2v) is 7.26. The van der Waals surface area contributed by atoms with Crippen molar-refractivity contribution < 1.29 is 17.9 Å². The third-order valence-electron chi connectivity index (χ3n) is 2.68. The van der Waals surface area contributed by atoms with Gasteiger partial charge in [-0.25, -0.2) is 18.4 Å². The fourth-order valence-corrected chi connectivity index (χ4v) is 3.14. The highest BCUT2D eigenvalue weighted by molar-refractivity contribution is 7.89. The molecule has 0 aliphatic heterocycles. The SMILES string of the molecule is COc1nc2cc(Cl)c(Cl)c(CS(C)(=O)=O)c2nc1OC. The Morgan fingerprint density at radius 2 is 1.71 bits per heavy atom. The molecule has 6 nitrogen and oxygen atoms in total. The normalized spacial score (nSPS) is 11.7. The van der Waals surface area contributed by atoms with Gasteiger partial charge in [0.05, 0.1) is 41.1 Å². The van der Waals surface area contributed by atoms with E-state index in [-0.39, 0.29) is 33.1 Å². The molecule has 9 heteroatoms. The predicted octanol–water partition coefficient (Wildman–Crippen LogP) is 2.50. The summed E-state index contributed by atoms with van der Waals surface area (Å²) in [6, 6.07) is 1.50. The standard InChI is InChI=1S/C12H12Cl2N2O4S/c1-19-11-12(20-2)16-10-6(5-21(3,17)18)9(14)7(13)4-8(10)15-11/h4H,5H2,1-3H3. The minimum absolute atomic E-state index is 0.135. The van der Waals surface area contributed by atoms with Crippen LogP contribution in [-0.4, -0.2) is 38.9 Å². The Morgan fingerprint density at radius 3 is 2.24 bits per heavy atom. The molecular weight excluding hydrogens is 339 g/mol. The van der Waals surface area contributed by atoms with E-state index in [1.54, 1.807) is 0 Å². The van der Waals surface area contributed by atoms with E-state index in [0.717, 1.165) is 6.26 Å². The van der Waals surface area contributed by atoms with Gasteiger partial charge in [-0.15, -0.1) is 0 Å². The number of methoxy groups -OCH3 is 2. The van der Waals surface area contributed by atoms with Gasteiger partial charge in [0.2, 0.25) is 0 Å². The van der Waals surface area contributed by atoms with E-state index in [1.165, 1.54) is 20.3 Å². The smallest absolute Gasteiger partial charge is 0.278 e. The van der Waals surface area contributed by atoms with Gasteiger partial charge in [0.1, 0.15) is 0 Å². The van der Waals surface area contributed by atoms with Crippen LogP contribution in [0.15, 0.2) is 6.07 Å². The van der Waals surface area contributed by atoms with Crippen LogP contribution in [0, 0.1) is 0 Å². The summed E-state index contributed by atoms with van der Waals surface area (Å²) in [5, 5.41) is 0.334. The molecule has 0 aliphatic rings. The van der Waals surface area contributed by atoms with Crippen LogP contribution in [0.1, 0.15) is 5.56 Å². The first kappa shape index (κ1) is 16.1. The fourth-order valence-electron chi connectivity index (χ4n) is 1.83. The molecule has 0 saturated carbocycles. The van der Waals surface area contributed by atoms with Gasteiger partial charge in [-0.05, 0) is 6.07 Å². The van der Waals surface area contributed by atoms with Gasteiger partial charge in [0.25, 0.3) is 11.8 Å². The number of halogens is 2. The van der Waals surface area contributed by atoms with Crippen molar-refractivity contribution in [1.29, 1.82) is 0 Å². The van der Waals surface area contributed by atoms with Crippen LogP contribution in [0.2, 0.25) is 10.0 Å². The largest absolute Gasteiger partial charge is 0.477 e. The number of rotatable bonds is 4. The third kappa shape index (κ3) is 3.30. The van der Waals surface area contributed by atoms with E-state index < -0.39 is 9.84 Å². The third-order valence-corrected chi connectivity index (χ3v) is 4.32. The zero-order chi connectivity index (χ0) is 15.8. The summed E-state index contributed by atoms with van der Waals surface area (Å²) in [5.74, 6) is 0.0133. The average molecular weight is 351 g/mol. The first-order chi connectivity index (χ1) is 9.76. The molecule has 114 valence electrons. The summed E-state index contributed by atoms with van der Waals surface area (Å²) in [5.41, 5.74) is 0.975. The Morgan fingerprint density at radius 1 is 1.14 bits per heavy atom. The van der Waals surface area contributed by atoms with Crippen molar-refractivity contribution in [2.75, 3.05) is 20.5 Å². The van der Waals surface area contributed by atoms with Crippen molar-refractivity contribution in [3.05, 3.63) is 21.7 Å². The van der Waals surface area contributed by atoms with E-state index in [9.17, 15) is 8.42 Å². The highest BCUT2D eigenvalue weighted by Crippen LogP contribution is 2.35. The molecule has 0 radical (unpaired) electrons. The predicted molar refractivity (Wildman–Crippen MR) is 81.2 cm³/mol. The van der Waals surface area contributed by atoms with Gasteiger partial charge in [0.15, 0.2) is 9.84 Å². The number of hydrogen-bond donors (Lipinski definition) is 0. The zero-order valence-corrected chi connectivity index (χ0v) is 13.8. The van der Waals surface area contributed by atoms with Gasteiger partial charge in [-0.2, -0.15) is 0 Å². The summed E-state index contributed by atoms with van der Waals surface area (Å²) < 4.78 is 33.3. The maximum absolute atomic E-state index is 11.6. The van der Waals surface area contributed by atoms with Gasteiger partial charge < -0.3 is 9.47 Å². The van der Waals surface area contributed by atoms with Crippen LogP contribution in [-0.2, 0) is 15.6 Å². The van der Waals surface area contributed by atoms with Crippen LogP contribution >= 0.6 is 23.2 Å². The van der Waals surface area contributed by atoms with Crippen molar-refractivity contribution in [3.63, 3.8) is 0 Å². The number of aromatic nitrogens is 2. The number of ether oxygens (including phenoxy) is 2. The first-order valence-electron chi connectivity index (χ1n) is 5.71. The molecule has 1 aromatic carbocycles. The summed E-state index contributed by atoms with van der Waals surface area (Å²) >= 11 is 12.1. The molecule has 0 atom stereocenters. The number of nitrogens with zero attached hydrogens (tertiary/aromatic N) is 2. The summed E-state index contributed by atoms with van der Waals surface area (Å²) in [6.07, 6.45) is 1.10. The van der Waals surface area contributed by atoms with Crippen molar-refractivity contribution in [1.82, 2.24) is 9.97 Å². The lowest BCUT2D eigenvalue weighted by atomic mass is 10.2. The lowest BCUT2D eigenvalue weighted by Gasteiger charge is -2.12. The highest BCUT2D eigenvalue weighted by Gasteiger charge is 2.20. The molecule has 0 bridgehead atoms. The van der Waals surface area contributed by atoms with E-state index in [2.05, 4.69) is 9.97 Å². The molecule has 0 saturated heterocycles. The molecule has 0 amide bonds. The molecular formula is C12H12Cl2N2O4S. The Balaban J connectivity index is 2.84. The lowest BCUT2D eigenvalue weighted by Crippen LogP contribution is -2.05. The van der Waals surface area contributed by atoms with E-state index in [1.807, 2.05) is 0 Å². The minimum atomic E-state index is -3.33. The number of sulfone groups is 1. The second kappa shape index (κ2) is 5.82. The van der Waals surface area contributed by atoms with Crippen molar-refractivity contribution >= 4 is 44.1 Å². The lowest BCUT2D eigenvalue weighted by molar-refractivity contribution is 0.334. The Bertz CT molecular complexity index is 809. The quantitative estimate of drug-likeness (QED) is 0.842. The molecule has 21 heavy (non-hydrogen) atoms. The molecule has 1 aromatic heterocycles. The van der Waals surface area contributed by atoms with Crippen LogP contribution < -0.4 is 9.47 Å². The highest BCUT2D eigenvalue weighted by atomic mass is 35.5. The number of benzene rings is 1. The average Bonchev–Trinajstić information content (AvgIpc) is 2.41. The minimum Gasteiger partial charge on any atom is -0.477 e. The molecule has 0 aliphatic carbocycles. The maximum atomic E-state index is 11.6. The Hall–Kier alpha value is -1.31. The van der Waals surface area contributed by atoms with Gasteiger partial charge in [-0.1, -0.05) is 23.2 Å². The molecule has 2 rings (SSSR count). The Kier molecular flexibility index (Phi) is 4.46. The van der Waals surface area contributed by atoms with Crippen LogP contribution in [0.5, 0.6) is 11.8 Å². The van der Waals surface area contributed by atoms with Crippen LogP contribution in [0.3, 0.4) is 0 Å². The topological polar surface area (TPSA) is 78.4 Å². The number of fused-ring (bicyclic) bond motifs is 1. The second-order valence-electron chi connectivity index (χ2n) is 4.33. The van der Waals surface area contributed by atoms with Gasteiger partial charge >= 0.3 is 0 Å². The maximum Gasteiger partial charge on any atom is 0.278 e. The monoisotopic (exact) mass is 350 g/mol. The molecule has 0 N–H and O–H groups in total. The van der Waals surface area contributed by atoms with Crippen molar-refractivity contribution in [2.24, 2.45) is 0 Å². The number of hydrogen-bond acceptors (Lipinski definition) is 6.